The Morgan fingerprint density at radius 3 is 2.43 bits per heavy atom. The molecule has 1 saturated heterocycles. The van der Waals surface area contributed by atoms with Crippen molar-refractivity contribution in [2.75, 3.05) is 13.1 Å². The Labute approximate surface area is 169 Å². The van der Waals surface area contributed by atoms with Gasteiger partial charge in [0.2, 0.25) is 11.7 Å². The quantitative estimate of drug-likeness (QED) is 0.625. The average molecular weight is 396 g/mol. The summed E-state index contributed by atoms with van der Waals surface area (Å²) in [5, 5.41) is 4.77. The number of carbonyl (C=O) groups is 1. The summed E-state index contributed by atoms with van der Waals surface area (Å²) >= 11 is 5.93. The first kappa shape index (κ1) is 18.7. The fraction of sp³-hybridized carbons (Fsp3) is 0.318. The molecule has 1 aliphatic heterocycles. The summed E-state index contributed by atoms with van der Waals surface area (Å²) in [6.07, 6.45) is 2.62. The molecule has 0 aliphatic carbocycles. The molecule has 1 fully saturated rings. The van der Waals surface area contributed by atoms with Gasteiger partial charge < -0.3 is 9.42 Å². The van der Waals surface area contributed by atoms with Gasteiger partial charge in [-0.15, -0.1) is 0 Å². The van der Waals surface area contributed by atoms with Gasteiger partial charge in [0, 0.05) is 35.2 Å². The van der Waals surface area contributed by atoms with Crippen LogP contribution in [-0.2, 0) is 6.42 Å². The highest BCUT2D eigenvalue weighted by atomic mass is 35.5. The second-order valence-corrected chi connectivity index (χ2v) is 7.52. The normalized spacial score (nSPS) is 15.0. The molecule has 1 amide bonds. The molecule has 4 rings (SSSR count). The fourth-order valence-electron chi connectivity index (χ4n) is 3.51. The van der Waals surface area contributed by atoms with Crippen molar-refractivity contribution >= 4 is 17.5 Å². The van der Waals surface area contributed by atoms with Gasteiger partial charge in [-0.05, 0) is 61.2 Å². The average Bonchev–Trinajstić information content (AvgIpc) is 3.24. The molecule has 0 atom stereocenters. The largest absolute Gasteiger partial charge is 0.339 e. The third-order valence-corrected chi connectivity index (χ3v) is 5.54. The van der Waals surface area contributed by atoms with Crippen LogP contribution in [0.2, 0.25) is 5.02 Å². The van der Waals surface area contributed by atoms with E-state index in [4.69, 9.17) is 16.1 Å². The molecule has 3 aromatic rings. The zero-order valence-electron chi connectivity index (χ0n) is 15.8. The Kier molecular flexibility index (Phi) is 5.44. The maximum Gasteiger partial charge on any atom is 0.253 e. The third kappa shape index (κ3) is 3.94. The first-order chi connectivity index (χ1) is 13.6. The lowest BCUT2D eigenvalue weighted by Gasteiger charge is -2.30. The summed E-state index contributed by atoms with van der Waals surface area (Å²) in [4.78, 5) is 19.2. The zero-order valence-corrected chi connectivity index (χ0v) is 16.5. The minimum Gasteiger partial charge on any atom is -0.339 e. The lowest BCUT2D eigenvalue weighted by Crippen LogP contribution is -2.38. The van der Waals surface area contributed by atoms with E-state index < -0.39 is 0 Å². The van der Waals surface area contributed by atoms with Crippen LogP contribution < -0.4 is 0 Å². The van der Waals surface area contributed by atoms with E-state index in [9.17, 15) is 4.79 Å². The molecular weight excluding hydrogens is 374 g/mol. The van der Waals surface area contributed by atoms with E-state index in [1.165, 1.54) is 5.56 Å². The minimum atomic E-state index is 0.0912. The molecule has 1 aromatic heterocycles. The predicted molar refractivity (Wildman–Crippen MR) is 108 cm³/mol. The van der Waals surface area contributed by atoms with E-state index in [-0.39, 0.29) is 11.8 Å². The number of hydrogen-bond acceptors (Lipinski definition) is 4. The van der Waals surface area contributed by atoms with Crippen molar-refractivity contribution in [1.29, 1.82) is 0 Å². The molecule has 2 heterocycles. The molecule has 0 N–H and O–H groups in total. The van der Waals surface area contributed by atoms with Crippen molar-refractivity contribution in [3.05, 3.63) is 70.6 Å². The van der Waals surface area contributed by atoms with Gasteiger partial charge in [0.15, 0.2) is 0 Å². The highest BCUT2D eigenvalue weighted by Gasteiger charge is 2.28. The number of halogens is 1. The number of carbonyl (C=O) groups excluding carboxylic acids is 1. The molecule has 5 nitrogen and oxygen atoms in total. The van der Waals surface area contributed by atoms with E-state index >= 15 is 0 Å². The number of likely N-dealkylation sites (tertiary alicyclic amines) is 1. The van der Waals surface area contributed by atoms with Gasteiger partial charge in [0.05, 0.1) is 0 Å². The fourth-order valence-corrected chi connectivity index (χ4v) is 3.64. The van der Waals surface area contributed by atoms with E-state index in [2.05, 4.69) is 17.1 Å². The molecular formula is C22H22ClN3O2. The van der Waals surface area contributed by atoms with Crippen LogP contribution in [0.5, 0.6) is 0 Å². The minimum absolute atomic E-state index is 0.0912. The summed E-state index contributed by atoms with van der Waals surface area (Å²) in [5.74, 6) is 1.49. The topological polar surface area (TPSA) is 59.2 Å². The number of amides is 1. The van der Waals surface area contributed by atoms with Crippen LogP contribution in [0.3, 0.4) is 0 Å². The molecule has 6 heteroatoms. The van der Waals surface area contributed by atoms with Crippen LogP contribution >= 0.6 is 11.6 Å². The second kappa shape index (κ2) is 8.15. The van der Waals surface area contributed by atoms with Gasteiger partial charge in [0.25, 0.3) is 5.91 Å². The molecule has 0 saturated carbocycles. The van der Waals surface area contributed by atoms with E-state index in [1.54, 1.807) is 0 Å². The number of rotatable bonds is 4. The lowest BCUT2D eigenvalue weighted by molar-refractivity contribution is 0.0704. The maximum absolute atomic E-state index is 12.7. The summed E-state index contributed by atoms with van der Waals surface area (Å²) in [6.45, 7) is 3.49. The molecule has 28 heavy (non-hydrogen) atoms. The van der Waals surface area contributed by atoms with Crippen molar-refractivity contribution in [2.45, 2.75) is 32.1 Å². The van der Waals surface area contributed by atoms with E-state index in [1.807, 2.05) is 53.4 Å². The summed E-state index contributed by atoms with van der Waals surface area (Å²) in [6, 6.07) is 15.3. The monoisotopic (exact) mass is 395 g/mol. The van der Waals surface area contributed by atoms with Gasteiger partial charge in [-0.3, -0.25) is 4.79 Å². The Balaban J connectivity index is 1.38. The third-order valence-electron chi connectivity index (χ3n) is 5.28. The molecule has 144 valence electrons. The molecule has 0 bridgehead atoms. The van der Waals surface area contributed by atoms with Crippen LogP contribution in [0.15, 0.2) is 53.1 Å². The Bertz CT molecular complexity index is 943. The Morgan fingerprint density at radius 1 is 1.11 bits per heavy atom. The Morgan fingerprint density at radius 2 is 1.79 bits per heavy atom. The number of hydrogen-bond donors (Lipinski definition) is 0. The zero-order chi connectivity index (χ0) is 19.5. The van der Waals surface area contributed by atoms with Gasteiger partial charge in [-0.1, -0.05) is 35.8 Å². The highest BCUT2D eigenvalue weighted by molar-refractivity contribution is 6.30. The van der Waals surface area contributed by atoms with Crippen LogP contribution in [0.25, 0.3) is 11.4 Å². The number of aryl methyl sites for hydroxylation is 1. The SMILES string of the molecule is CCc1ccc(C(=O)N2CCC(c3nc(-c4ccc(Cl)cc4)no3)CC2)cc1. The number of piperidine rings is 1. The van der Waals surface area contributed by atoms with E-state index in [0.717, 1.165) is 30.4 Å². The molecule has 1 aliphatic rings. The van der Waals surface area contributed by atoms with Gasteiger partial charge in [0.1, 0.15) is 0 Å². The first-order valence-electron chi connectivity index (χ1n) is 9.62. The first-order valence-corrected chi connectivity index (χ1v) is 9.99. The van der Waals surface area contributed by atoms with Crippen molar-refractivity contribution in [3.8, 4) is 11.4 Å². The standard InChI is InChI=1S/C22H22ClN3O2/c1-2-15-3-5-18(6-4-15)22(27)26-13-11-17(12-14-26)21-24-20(25-28-21)16-7-9-19(23)10-8-16/h3-10,17H,2,11-14H2,1H3. The smallest absolute Gasteiger partial charge is 0.253 e. The molecule has 0 spiro atoms. The molecule has 0 radical (unpaired) electrons. The Hall–Kier alpha value is -2.66. The maximum atomic E-state index is 12.7. The van der Waals surface area contributed by atoms with Gasteiger partial charge in [-0.25, -0.2) is 0 Å². The second-order valence-electron chi connectivity index (χ2n) is 7.08. The number of nitrogens with zero attached hydrogens (tertiary/aromatic N) is 3. The molecule has 2 aromatic carbocycles. The van der Waals surface area contributed by atoms with Crippen LogP contribution in [0.1, 0.15) is 47.5 Å². The van der Waals surface area contributed by atoms with Crippen LogP contribution in [0.4, 0.5) is 0 Å². The van der Waals surface area contributed by atoms with Crippen LogP contribution in [-0.4, -0.2) is 34.0 Å². The van der Waals surface area contributed by atoms with Crippen molar-refractivity contribution in [3.63, 3.8) is 0 Å². The van der Waals surface area contributed by atoms with Crippen molar-refractivity contribution < 1.29 is 9.32 Å². The number of aromatic nitrogens is 2. The van der Waals surface area contributed by atoms with Crippen molar-refractivity contribution in [2.24, 2.45) is 0 Å². The van der Waals surface area contributed by atoms with E-state index in [0.29, 0.717) is 29.8 Å². The highest BCUT2D eigenvalue weighted by Crippen LogP contribution is 2.29. The lowest BCUT2D eigenvalue weighted by atomic mass is 9.96. The van der Waals surface area contributed by atoms with Crippen molar-refractivity contribution in [1.82, 2.24) is 15.0 Å². The summed E-state index contributed by atoms with van der Waals surface area (Å²) in [7, 11) is 0. The van der Waals surface area contributed by atoms with Crippen LogP contribution in [0, 0.1) is 0 Å². The molecule has 0 unspecified atom stereocenters. The summed E-state index contributed by atoms with van der Waals surface area (Å²) in [5.41, 5.74) is 2.86. The predicted octanol–water partition coefficient (Wildman–Crippen LogP) is 4.97. The number of benzene rings is 2. The van der Waals surface area contributed by atoms with Gasteiger partial charge >= 0.3 is 0 Å². The summed E-state index contributed by atoms with van der Waals surface area (Å²) < 4.78 is 5.50. The van der Waals surface area contributed by atoms with Gasteiger partial charge in [-0.2, -0.15) is 4.98 Å².